The Morgan fingerprint density at radius 2 is 0.833 bits per heavy atom. The number of hydrogen-bond donors (Lipinski definition) is 3. The van der Waals surface area contributed by atoms with Crippen LogP contribution >= 0.6 is 0 Å². The lowest BCUT2D eigenvalue weighted by atomic mass is 9.82. The fraction of sp³-hybridized carbons (Fsp3) is 0.569. The Labute approximate surface area is 495 Å². The maximum absolute atomic E-state index is 13.8. The Balaban J connectivity index is 1.06. The first kappa shape index (κ1) is 64.2. The van der Waals surface area contributed by atoms with Crippen molar-refractivity contribution < 1.29 is 71.3 Å². The summed E-state index contributed by atoms with van der Waals surface area (Å²) < 4.78 is 74.4. The molecule has 4 aliphatic heterocycles. The fourth-order valence-electron chi connectivity index (χ4n) is 11.7. The van der Waals surface area contributed by atoms with E-state index in [-0.39, 0.29) is 80.6 Å². The molecule has 0 radical (unpaired) electrons. The Hall–Kier alpha value is -5.84. The standard InChI is InChI=1S/C65H88N4O15/c1-12-52-38(2)39(3)58(84-63-55(68-47(11)72)60(75-35-50-29-21-15-22-30-50)59(44(8)80-63)74-34-49-27-19-14-20-28-49)64(81-52)83-57-41(5)43(7)79-62(54(57)67-46(10)71)82-56-40(4)42(6)78-61(53(56)66-45(9)70)77-37-69(33-48-25-17-13-18-26-48)65(73)76-36-51-31-23-16-24-32-51/h13-32,38-44,52-64H,12,33-37H2,1-11H3,(H,66,70)(H,67,71)(H,68,72)/t38-,39-,40-,41+,42?,43?,44?,52?,53?,54?,55?,56-,57-,58?,59+,60+,61+,62-,63-,64-/m0/s1. The molecule has 8 rings (SSSR count). The number of nitrogens with one attached hydrogen (secondary N) is 3. The van der Waals surface area contributed by atoms with Gasteiger partial charge in [-0.1, -0.05) is 156 Å². The molecule has 0 bridgehead atoms. The minimum atomic E-state index is -1.15. The molecule has 4 aromatic carbocycles. The SMILES string of the molecule is CCC1O[C@@H](O[C@@H]2C(NC(C)=O)[C@H](O[C@@H]3C(NC(C)=O)[C@H](OCN(Cc4ccccc4)C(=O)OCc4ccccc4)OC(C)[C@@H]3C)OC(C)[C@H]2C)C(O[C@@H]2OC(C)[C@@H](OCc3ccccc3)[C@H](OCc3ccccc3)C2NC(C)=O)[C@@H](C)[C@@H]1C. The van der Waals surface area contributed by atoms with E-state index >= 15 is 0 Å². The van der Waals surface area contributed by atoms with E-state index in [2.05, 4.69) is 36.7 Å². The highest BCUT2D eigenvalue weighted by atomic mass is 16.8. The number of benzene rings is 4. The minimum Gasteiger partial charge on any atom is -0.444 e. The lowest BCUT2D eigenvalue weighted by Gasteiger charge is -2.52. The predicted molar refractivity (Wildman–Crippen MR) is 311 cm³/mol. The van der Waals surface area contributed by atoms with Crippen LogP contribution in [0, 0.1) is 23.7 Å². The molecule has 19 heteroatoms. The molecule has 19 nitrogen and oxygen atoms in total. The third-order valence-electron chi connectivity index (χ3n) is 16.8. The summed E-state index contributed by atoms with van der Waals surface area (Å²) in [7, 11) is 0. The number of amides is 4. The van der Waals surface area contributed by atoms with E-state index < -0.39 is 98.2 Å². The highest BCUT2D eigenvalue weighted by Crippen LogP contribution is 2.41. The Kier molecular flexibility index (Phi) is 23.3. The van der Waals surface area contributed by atoms with E-state index in [1.807, 2.05) is 156 Å². The first-order valence-electron chi connectivity index (χ1n) is 29.7. The second kappa shape index (κ2) is 30.5. The summed E-state index contributed by atoms with van der Waals surface area (Å²) in [6, 6.07) is 35.8. The van der Waals surface area contributed by atoms with Crippen molar-refractivity contribution in [2.24, 2.45) is 23.7 Å². The van der Waals surface area contributed by atoms with Gasteiger partial charge in [0.2, 0.25) is 17.7 Å². The van der Waals surface area contributed by atoms with Crippen LogP contribution in [-0.4, -0.2) is 134 Å². The smallest absolute Gasteiger partial charge is 0.412 e. The van der Waals surface area contributed by atoms with E-state index in [1.165, 1.54) is 25.7 Å². The topological polar surface area (TPSA) is 209 Å². The molecule has 4 amide bonds. The number of ether oxygens (including phenoxy) is 11. The summed E-state index contributed by atoms with van der Waals surface area (Å²) in [6.07, 6.45) is -9.91. The van der Waals surface area contributed by atoms with Gasteiger partial charge in [0.1, 0.15) is 49.8 Å². The molecule has 84 heavy (non-hydrogen) atoms. The van der Waals surface area contributed by atoms with Gasteiger partial charge < -0.3 is 68.1 Å². The van der Waals surface area contributed by atoms with Gasteiger partial charge in [-0.05, 0) is 61.3 Å². The maximum Gasteiger partial charge on any atom is 0.412 e. The fourth-order valence-corrected chi connectivity index (χ4v) is 11.7. The van der Waals surface area contributed by atoms with Crippen LogP contribution < -0.4 is 16.0 Å². The molecule has 4 aromatic rings. The zero-order valence-corrected chi connectivity index (χ0v) is 50.4. The Morgan fingerprint density at radius 1 is 0.429 bits per heavy atom. The van der Waals surface area contributed by atoms with Crippen molar-refractivity contribution in [3.05, 3.63) is 144 Å². The predicted octanol–water partition coefficient (Wildman–Crippen LogP) is 8.55. The van der Waals surface area contributed by atoms with Gasteiger partial charge in [-0.2, -0.15) is 0 Å². The summed E-state index contributed by atoms with van der Waals surface area (Å²) in [6.45, 7) is 20.7. The molecule has 4 aliphatic rings. The molecule has 458 valence electrons. The average Bonchev–Trinajstić information content (AvgIpc) is 1.38. The van der Waals surface area contributed by atoms with Crippen molar-refractivity contribution >= 4 is 23.8 Å². The van der Waals surface area contributed by atoms with Crippen LogP contribution in [0.15, 0.2) is 121 Å². The van der Waals surface area contributed by atoms with Gasteiger partial charge in [-0.3, -0.25) is 19.3 Å². The number of carbonyl (C=O) groups excluding carboxylic acids is 4. The zero-order chi connectivity index (χ0) is 60.0. The van der Waals surface area contributed by atoms with Gasteiger partial charge >= 0.3 is 6.09 Å². The van der Waals surface area contributed by atoms with Crippen molar-refractivity contribution in [1.29, 1.82) is 0 Å². The molecule has 4 fully saturated rings. The first-order chi connectivity index (χ1) is 40.4. The second-order valence-corrected chi connectivity index (χ2v) is 23.0. The van der Waals surface area contributed by atoms with Crippen LogP contribution in [0.4, 0.5) is 4.79 Å². The van der Waals surface area contributed by atoms with Crippen molar-refractivity contribution in [2.75, 3.05) is 6.73 Å². The van der Waals surface area contributed by atoms with Gasteiger partial charge in [0, 0.05) is 32.6 Å². The molecule has 0 saturated carbocycles. The summed E-state index contributed by atoms with van der Waals surface area (Å²) in [5, 5.41) is 9.28. The number of hydrogen-bond acceptors (Lipinski definition) is 15. The lowest BCUT2D eigenvalue weighted by molar-refractivity contribution is -0.363. The van der Waals surface area contributed by atoms with Crippen LogP contribution in [0.1, 0.15) is 105 Å². The van der Waals surface area contributed by atoms with Crippen LogP contribution in [0.2, 0.25) is 0 Å². The van der Waals surface area contributed by atoms with E-state index in [9.17, 15) is 19.2 Å². The highest BCUT2D eigenvalue weighted by molar-refractivity contribution is 5.74. The third-order valence-corrected chi connectivity index (χ3v) is 16.8. The number of nitrogens with zero attached hydrogens (tertiary/aromatic N) is 1. The third kappa shape index (κ3) is 16.8. The normalized spacial score (nSPS) is 33.3. The molecule has 8 unspecified atom stereocenters. The van der Waals surface area contributed by atoms with Gasteiger partial charge in [-0.15, -0.1) is 0 Å². The quantitative estimate of drug-likeness (QED) is 0.0595. The molecule has 0 aliphatic carbocycles. The zero-order valence-electron chi connectivity index (χ0n) is 50.4. The average molecular weight is 1170 g/mol. The summed E-state index contributed by atoms with van der Waals surface area (Å²) in [5.74, 6) is -1.98. The Bertz CT molecular complexity index is 2680. The van der Waals surface area contributed by atoms with Crippen molar-refractivity contribution in [2.45, 2.75) is 207 Å². The minimum absolute atomic E-state index is 0.0105. The van der Waals surface area contributed by atoms with Crippen LogP contribution in [-0.2, 0) is 92.9 Å². The van der Waals surface area contributed by atoms with Crippen molar-refractivity contribution in [3.8, 4) is 0 Å². The molecule has 20 atom stereocenters. The van der Waals surface area contributed by atoms with Crippen LogP contribution in [0.3, 0.4) is 0 Å². The second-order valence-electron chi connectivity index (χ2n) is 23.0. The van der Waals surface area contributed by atoms with E-state index in [1.54, 1.807) is 0 Å². The molecule has 3 N–H and O–H groups in total. The molecular weight excluding hydrogens is 1080 g/mol. The largest absolute Gasteiger partial charge is 0.444 e. The summed E-state index contributed by atoms with van der Waals surface area (Å²) in [4.78, 5) is 55.2. The van der Waals surface area contributed by atoms with E-state index in [4.69, 9.17) is 52.1 Å². The maximum atomic E-state index is 13.8. The summed E-state index contributed by atoms with van der Waals surface area (Å²) in [5.41, 5.74) is 3.57. The van der Waals surface area contributed by atoms with Crippen molar-refractivity contribution in [1.82, 2.24) is 20.9 Å². The van der Waals surface area contributed by atoms with E-state index in [0.29, 0.717) is 6.42 Å². The van der Waals surface area contributed by atoms with Crippen molar-refractivity contribution in [3.63, 3.8) is 0 Å². The number of rotatable bonds is 23. The number of carbonyl (C=O) groups is 4. The highest BCUT2D eigenvalue weighted by Gasteiger charge is 2.55. The Morgan fingerprint density at radius 3 is 1.32 bits per heavy atom. The molecule has 0 aromatic heterocycles. The van der Waals surface area contributed by atoms with Gasteiger partial charge in [0.05, 0.1) is 56.4 Å². The monoisotopic (exact) mass is 1160 g/mol. The first-order valence-corrected chi connectivity index (χ1v) is 29.7. The molecular formula is C65H88N4O15. The molecule has 4 heterocycles. The van der Waals surface area contributed by atoms with Crippen LogP contribution in [0.25, 0.3) is 0 Å². The summed E-state index contributed by atoms with van der Waals surface area (Å²) >= 11 is 0. The lowest BCUT2D eigenvalue weighted by Crippen LogP contribution is -2.68. The van der Waals surface area contributed by atoms with E-state index in [0.717, 1.165) is 22.3 Å². The molecule has 0 spiro atoms. The van der Waals surface area contributed by atoms with Gasteiger partial charge in [-0.25, -0.2) is 4.79 Å². The van der Waals surface area contributed by atoms with Crippen LogP contribution in [0.5, 0.6) is 0 Å². The van der Waals surface area contributed by atoms with Gasteiger partial charge in [0.15, 0.2) is 25.2 Å². The molecule has 4 saturated heterocycles. The van der Waals surface area contributed by atoms with Gasteiger partial charge in [0.25, 0.3) is 0 Å².